The highest BCUT2D eigenvalue weighted by atomic mass is 16.8. The van der Waals surface area contributed by atoms with E-state index in [1.165, 1.54) is 0 Å². The summed E-state index contributed by atoms with van der Waals surface area (Å²) in [6.45, 7) is 3.56. The van der Waals surface area contributed by atoms with E-state index in [0.717, 1.165) is 6.42 Å². The lowest BCUT2D eigenvalue weighted by Gasteiger charge is -2.64. The molecule has 19 nitrogen and oxygen atoms in total. The molecule has 12 N–H and O–H groups in total. The second kappa shape index (κ2) is 15.6. The number of aliphatic hydroxyl groups is 12. The third-order valence-corrected chi connectivity index (χ3v) is 15.4. The van der Waals surface area contributed by atoms with E-state index in [2.05, 4.69) is 6.92 Å². The monoisotopic (exact) mass is 822 g/mol. The number of ether oxygens (including phenoxy) is 6. The van der Waals surface area contributed by atoms with Gasteiger partial charge in [-0.2, -0.15) is 0 Å². The molecule has 0 aromatic carbocycles. The number of esters is 1. The van der Waals surface area contributed by atoms with Crippen molar-refractivity contribution in [3.05, 3.63) is 0 Å². The molecule has 7 rings (SSSR count). The molecular formula is C38H62O19. The van der Waals surface area contributed by atoms with E-state index in [1.807, 2.05) is 6.92 Å². The zero-order valence-electron chi connectivity index (χ0n) is 32.5. The van der Waals surface area contributed by atoms with E-state index in [1.54, 1.807) is 6.92 Å². The lowest BCUT2D eigenvalue weighted by Crippen LogP contribution is -2.66. The van der Waals surface area contributed by atoms with E-state index < -0.39 is 145 Å². The molecule has 2 bridgehead atoms. The van der Waals surface area contributed by atoms with Gasteiger partial charge in [-0.05, 0) is 87.9 Å². The Labute approximate surface area is 330 Å². The van der Waals surface area contributed by atoms with Gasteiger partial charge in [-0.15, -0.1) is 0 Å². The van der Waals surface area contributed by atoms with Crippen LogP contribution in [0.25, 0.3) is 0 Å². The minimum atomic E-state index is -1.85. The van der Waals surface area contributed by atoms with Crippen LogP contribution in [0, 0.1) is 28.1 Å². The van der Waals surface area contributed by atoms with Gasteiger partial charge in [0.25, 0.3) is 0 Å². The molecule has 22 unspecified atom stereocenters. The fourth-order valence-electron chi connectivity index (χ4n) is 12.5. The normalized spacial score (nSPS) is 56.4. The molecule has 0 aromatic heterocycles. The van der Waals surface area contributed by atoms with Gasteiger partial charge in [0.1, 0.15) is 78.8 Å². The van der Waals surface area contributed by atoms with Gasteiger partial charge in [-0.1, -0.05) is 13.3 Å². The lowest BCUT2D eigenvalue weighted by molar-refractivity contribution is -0.387. The molecule has 7 fully saturated rings. The van der Waals surface area contributed by atoms with E-state index in [-0.39, 0.29) is 11.8 Å². The lowest BCUT2D eigenvalue weighted by atomic mass is 9.41. The maximum atomic E-state index is 14.1. The third-order valence-electron chi connectivity index (χ3n) is 15.4. The van der Waals surface area contributed by atoms with Crippen LogP contribution in [-0.4, -0.2) is 190 Å². The Morgan fingerprint density at radius 1 is 0.614 bits per heavy atom. The van der Waals surface area contributed by atoms with Crippen molar-refractivity contribution in [3.8, 4) is 0 Å². The number of fused-ring (bicyclic) bond motifs is 3. The Morgan fingerprint density at radius 2 is 1.14 bits per heavy atom. The minimum Gasteiger partial charge on any atom is -0.432 e. The van der Waals surface area contributed by atoms with Crippen molar-refractivity contribution in [3.63, 3.8) is 0 Å². The predicted molar refractivity (Wildman–Crippen MR) is 188 cm³/mol. The molecular weight excluding hydrogens is 760 g/mol. The van der Waals surface area contributed by atoms with Crippen molar-refractivity contribution >= 4 is 5.97 Å². The summed E-state index contributed by atoms with van der Waals surface area (Å²) in [5, 5.41) is 127. The first-order chi connectivity index (χ1) is 26.7. The van der Waals surface area contributed by atoms with Gasteiger partial charge >= 0.3 is 5.97 Å². The van der Waals surface area contributed by atoms with Crippen molar-refractivity contribution in [2.75, 3.05) is 19.8 Å². The quantitative estimate of drug-likeness (QED) is 0.0785. The summed E-state index contributed by atoms with van der Waals surface area (Å²) in [5.41, 5.74) is -4.71. The zero-order chi connectivity index (χ0) is 41.6. The number of hydrogen-bond acceptors (Lipinski definition) is 19. The van der Waals surface area contributed by atoms with E-state index >= 15 is 0 Å². The Balaban J connectivity index is 1.12. The van der Waals surface area contributed by atoms with Gasteiger partial charge < -0.3 is 89.7 Å². The summed E-state index contributed by atoms with van der Waals surface area (Å²) in [6, 6.07) is 0. The molecule has 19 heteroatoms. The van der Waals surface area contributed by atoms with Crippen LogP contribution in [0.3, 0.4) is 0 Å². The van der Waals surface area contributed by atoms with Crippen LogP contribution in [0.15, 0.2) is 0 Å². The Hall–Kier alpha value is -1.21. The smallest absolute Gasteiger partial charge is 0.314 e. The molecule has 1 spiro atoms. The molecule has 22 atom stereocenters. The fourth-order valence-corrected chi connectivity index (χ4v) is 12.5. The van der Waals surface area contributed by atoms with Crippen molar-refractivity contribution in [1.29, 1.82) is 0 Å². The number of carbonyl (C=O) groups is 1. The van der Waals surface area contributed by atoms with Crippen LogP contribution in [-0.2, 0) is 33.2 Å². The maximum absolute atomic E-state index is 14.1. The average molecular weight is 823 g/mol. The van der Waals surface area contributed by atoms with E-state index in [9.17, 15) is 66.1 Å². The van der Waals surface area contributed by atoms with Gasteiger partial charge in [-0.3, -0.25) is 4.79 Å². The zero-order valence-corrected chi connectivity index (χ0v) is 32.5. The molecule has 3 aliphatic heterocycles. The third kappa shape index (κ3) is 6.90. The summed E-state index contributed by atoms with van der Waals surface area (Å²) in [4.78, 5) is 14.1. The highest BCUT2D eigenvalue weighted by molar-refractivity contribution is 5.77. The van der Waals surface area contributed by atoms with Gasteiger partial charge in [0.05, 0.1) is 30.8 Å². The molecule has 3 heterocycles. The standard InChI is InChI=1S/C38H62O19/c1-34-7-4-8-35(2,33(50)56-31-28(49)25(46)22(43)17(12-40)53-31)19(34)5-9-37-14-36(3,51)38(15-37,10-6-20(34)37)57-32-29(26(47)23(44)18(13-41)54-32)55-30-27(48)24(45)21(42)16(11-39)52-30/h16-32,39-49,51H,4-15H2,1-3H3. The Bertz CT molecular complexity index is 1450. The molecule has 3 saturated heterocycles. The molecule has 7 aliphatic rings. The van der Waals surface area contributed by atoms with Gasteiger partial charge in [0.15, 0.2) is 12.6 Å². The van der Waals surface area contributed by atoms with Crippen molar-refractivity contribution in [2.24, 2.45) is 28.1 Å². The summed E-state index contributed by atoms with van der Waals surface area (Å²) in [7, 11) is 0. The van der Waals surface area contributed by atoms with Crippen LogP contribution in [0.2, 0.25) is 0 Å². The van der Waals surface area contributed by atoms with Crippen LogP contribution >= 0.6 is 0 Å². The first kappa shape index (κ1) is 43.9. The number of hydrogen-bond donors (Lipinski definition) is 12. The topological polar surface area (TPSA) is 315 Å². The van der Waals surface area contributed by atoms with Crippen LogP contribution in [0.1, 0.15) is 78.6 Å². The number of carbonyl (C=O) groups excluding carboxylic acids is 1. The molecule has 0 radical (unpaired) electrons. The summed E-state index contributed by atoms with van der Waals surface area (Å²) in [6.07, 6.45) is -19.6. The summed E-state index contributed by atoms with van der Waals surface area (Å²) >= 11 is 0. The van der Waals surface area contributed by atoms with Gasteiger partial charge in [-0.25, -0.2) is 0 Å². The first-order valence-electron chi connectivity index (χ1n) is 20.2. The van der Waals surface area contributed by atoms with Gasteiger partial charge in [0.2, 0.25) is 6.29 Å². The van der Waals surface area contributed by atoms with E-state index in [4.69, 9.17) is 28.4 Å². The number of aliphatic hydroxyl groups excluding tert-OH is 11. The highest BCUT2D eigenvalue weighted by Gasteiger charge is 2.73. The highest BCUT2D eigenvalue weighted by Crippen LogP contribution is 2.74. The second-order valence-electron chi connectivity index (χ2n) is 18.7. The Morgan fingerprint density at radius 3 is 1.74 bits per heavy atom. The average Bonchev–Trinajstić information content (AvgIpc) is 3.33. The first-order valence-corrected chi connectivity index (χ1v) is 20.2. The van der Waals surface area contributed by atoms with Crippen LogP contribution in [0.4, 0.5) is 0 Å². The predicted octanol–water partition coefficient (Wildman–Crippen LogP) is -3.74. The van der Waals surface area contributed by atoms with Crippen molar-refractivity contribution in [2.45, 2.75) is 182 Å². The van der Waals surface area contributed by atoms with Crippen molar-refractivity contribution in [1.82, 2.24) is 0 Å². The summed E-state index contributed by atoms with van der Waals surface area (Å²) < 4.78 is 35.5. The molecule has 0 amide bonds. The minimum absolute atomic E-state index is 0.000162. The number of rotatable bonds is 9. The van der Waals surface area contributed by atoms with Crippen LogP contribution in [0.5, 0.6) is 0 Å². The molecule has 0 aromatic rings. The molecule has 4 saturated carbocycles. The van der Waals surface area contributed by atoms with Crippen molar-refractivity contribution < 1.29 is 94.5 Å². The molecule has 4 aliphatic carbocycles. The summed E-state index contributed by atoms with van der Waals surface area (Å²) in [5.74, 6) is -0.810. The van der Waals surface area contributed by atoms with Gasteiger partial charge in [0, 0.05) is 0 Å². The van der Waals surface area contributed by atoms with Crippen LogP contribution < -0.4 is 0 Å². The maximum Gasteiger partial charge on any atom is 0.314 e. The fraction of sp³-hybridized carbons (Fsp3) is 0.974. The second-order valence-corrected chi connectivity index (χ2v) is 18.7. The largest absolute Gasteiger partial charge is 0.432 e. The van der Waals surface area contributed by atoms with E-state index in [0.29, 0.717) is 51.4 Å². The molecule has 57 heavy (non-hydrogen) atoms. The molecule has 328 valence electrons. The Kier molecular flexibility index (Phi) is 12.0. The SMILES string of the molecule is CC1(C(=O)OC2OC(CO)C(O)C(O)C2O)CCCC2(C)C3CCC4(OC5OC(CO)C(O)C(O)C5OC5OC(CO)C(O)C(O)C5O)CC3(CCC12)CC4(C)O.